The minimum Gasteiger partial charge on any atom is -0.447 e. The Labute approximate surface area is 173 Å². The number of ether oxygens (including phenoxy) is 2. The summed E-state index contributed by atoms with van der Waals surface area (Å²) >= 11 is 6.28. The molecule has 1 atom stereocenters. The Kier molecular flexibility index (Phi) is 6.26. The number of benzene rings is 1. The van der Waals surface area contributed by atoms with E-state index < -0.39 is 23.8 Å². The molecular weight excluding hydrogens is 398 g/mol. The molecule has 3 rings (SSSR count). The van der Waals surface area contributed by atoms with E-state index in [1.54, 1.807) is 39.0 Å². The van der Waals surface area contributed by atoms with Crippen molar-refractivity contribution in [1.29, 1.82) is 0 Å². The highest BCUT2D eigenvalue weighted by atomic mass is 35.5. The third-order valence-electron chi connectivity index (χ3n) is 4.03. The van der Waals surface area contributed by atoms with Crippen molar-refractivity contribution in [3.63, 3.8) is 0 Å². The quantitative estimate of drug-likeness (QED) is 0.656. The predicted molar refractivity (Wildman–Crippen MR) is 106 cm³/mol. The van der Waals surface area contributed by atoms with Crippen LogP contribution in [0.15, 0.2) is 24.5 Å². The lowest BCUT2D eigenvalue weighted by molar-refractivity contribution is 0.0470. The van der Waals surface area contributed by atoms with Gasteiger partial charge in [0.15, 0.2) is 5.82 Å². The van der Waals surface area contributed by atoms with Gasteiger partial charge in [0.05, 0.1) is 11.1 Å². The predicted octanol–water partition coefficient (Wildman–Crippen LogP) is 3.58. The summed E-state index contributed by atoms with van der Waals surface area (Å²) in [5, 5.41) is 12.6. The SMILES string of the molecule is CC(C)(C)OC(=O)N[C@H](COC(=O)NC1CC1)c1ccc(Cl)c(-c2ncn[nH]2)c1. The second-order valence-corrected chi connectivity index (χ2v) is 8.20. The van der Waals surface area contributed by atoms with Crippen LogP contribution in [0, 0.1) is 0 Å². The molecule has 1 aromatic carbocycles. The number of nitrogens with one attached hydrogen (secondary N) is 3. The average Bonchev–Trinajstić information content (AvgIpc) is 3.27. The van der Waals surface area contributed by atoms with Crippen molar-refractivity contribution in [1.82, 2.24) is 25.8 Å². The number of hydrogen-bond donors (Lipinski definition) is 3. The maximum Gasteiger partial charge on any atom is 0.408 e. The molecule has 9 nitrogen and oxygen atoms in total. The Morgan fingerprint density at radius 2 is 2.07 bits per heavy atom. The fourth-order valence-electron chi connectivity index (χ4n) is 2.54. The lowest BCUT2D eigenvalue weighted by Crippen LogP contribution is -2.38. The largest absolute Gasteiger partial charge is 0.447 e. The van der Waals surface area contributed by atoms with E-state index in [4.69, 9.17) is 21.1 Å². The number of hydrogen-bond acceptors (Lipinski definition) is 6. The molecule has 1 saturated carbocycles. The molecule has 0 aliphatic heterocycles. The summed E-state index contributed by atoms with van der Waals surface area (Å²) in [6.45, 7) is 5.23. The molecule has 0 spiro atoms. The smallest absolute Gasteiger partial charge is 0.408 e. The van der Waals surface area contributed by atoms with Gasteiger partial charge >= 0.3 is 12.2 Å². The summed E-state index contributed by atoms with van der Waals surface area (Å²) in [5.74, 6) is 0.486. The van der Waals surface area contributed by atoms with E-state index in [-0.39, 0.29) is 12.6 Å². The first-order valence-electron chi connectivity index (χ1n) is 9.29. The molecule has 1 fully saturated rings. The van der Waals surface area contributed by atoms with Crippen molar-refractivity contribution in [2.24, 2.45) is 0 Å². The number of aromatic nitrogens is 3. The monoisotopic (exact) mass is 421 g/mol. The van der Waals surface area contributed by atoms with Gasteiger partial charge in [0.25, 0.3) is 0 Å². The molecule has 29 heavy (non-hydrogen) atoms. The van der Waals surface area contributed by atoms with Gasteiger partial charge in [-0.2, -0.15) is 5.10 Å². The van der Waals surface area contributed by atoms with Gasteiger partial charge in [-0.05, 0) is 51.3 Å². The molecule has 2 amide bonds. The first-order valence-corrected chi connectivity index (χ1v) is 9.67. The molecule has 0 bridgehead atoms. The number of carbonyl (C=O) groups excluding carboxylic acids is 2. The molecule has 0 unspecified atom stereocenters. The molecule has 156 valence electrons. The van der Waals surface area contributed by atoms with Gasteiger partial charge in [0, 0.05) is 11.6 Å². The highest BCUT2D eigenvalue weighted by molar-refractivity contribution is 6.33. The maximum absolute atomic E-state index is 12.3. The normalized spacial score (nSPS) is 14.8. The Balaban J connectivity index is 1.78. The lowest BCUT2D eigenvalue weighted by Gasteiger charge is -2.24. The van der Waals surface area contributed by atoms with E-state index in [1.807, 2.05) is 0 Å². The van der Waals surface area contributed by atoms with Crippen LogP contribution in [-0.2, 0) is 9.47 Å². The van der Waals surface area contributed by atoms with Gasteiger partial charge in [-0.1, -0.05) is 17.7 Å². The zero-order chi connectivity index (χ0) is 21.0. The fourth-order valence-corrected chi connectivity index (χ4v) is 2.75. The molecule has 10 heteroatoms. The molecule has 0 saturated heterocycles. The lowest BCUT2D eigenvalue weighted by atomic mass is 10.0. The van der Waals surface area contributed by atoms with Gasteiger partial charge in [0.2, 0.25) is 0 Å². The molecule has 3 N–H and O–H groups in total. The zero-order valence-corrected chi connectivity index (χ0v) is 17.2. The summed E-state index contributed by atoms with van der Waals surface area (Å²) in [5.41, 5.74) is 0.620. The van der Waals surface area contributed by atoms with E-state index in [0.717, 1.165) is 12.8 Å². The van der Waals surface area contributed by atoms with Crippen molar-refractivity contribution in [3.05, 3.63) is 35.1 Å². The van der Waals surface area contributed by atoms with Crippen molar-refractivity contribution >= 4 is 23.8 Å². The van der Waals surface area contributed by atoms with Crippen LogP contribution in [0.1, 0.15) is 45.2 Å². The Bertz CT molecular complexity index is 862. The minimum atomic E-state index is -0.663. The summed E-state index contributed by atoms with van der Waals surface area (Å²) < 4.78 is 10.6. The molecule has 2 aromatic rings. The number of aromatic amines is 1. The number of carbonyl (C=O) groups is 2. The third kappa shape index (κ3) is 6.35. The van der Waals surface area contributed by atoms with Gasteiger partial charge in [-0.3, -0.25) is 5.10 Å². The Hall–Kier alpha value is -2.81. The van der Waals surface area contributed by atoms with Crippen molar-refractivity contribution in [3.8, 4) is 11.4 Å². The first-order chi connectivity index (χ1) is 13.7. The number of halogens is 1. The van der Waals surface area contributed by atoms with Crippen LogP contribution in [0.4, 0.5) is 9.59 Å². The third-order valence-corrected chi connectivity index (χ3v) is 4.36. The van der Waals surface area contributed by atoms with Crippen molar-refractivity contribution in [2.75, 3.05) is 6.61 Å². The first kappa shape index (κ1) is 20.9. The van der Waals surface area contributed by atoms with Crippen LogP contribution in [0.25, 0.3) is 11.4 Å². The Morgan fingerprint density at radius 3 is 2.69 bits per heavy atom. The van der Waals surface area contributed by atoms with Crippen molar-refractivity contribution in [2.45, 2.75) is 51.3 Å². The van der Waals surface area contributed by atoms with E-state index in [2.05, 4.69) is 25.8 Å². The number of rotatable bonds is 6. The zero-order valence-electron chi connectivity index (χ0n) is 16.5. The van der Waals surface area contributed by atoms with Gasteiger partial charge in [0.1, 0.15) is 18.5 Å². The molecular formula is C19H24ClN5O4. The molecule has 1 aliphatic rings. The van der Waals surface area contributed by atoms with Crippen LogP contribution in [0.2, 0.25) is 5.02 Å². The Morgan fingerprint density at radius 1 is 1.31 bits per heavy atom. The van der Waals surface area contributed by atoms with E-state index in [0.29, 0.717) is 22.0 Å². The summed E-state index contributed by atoms with van der Waals surface area (Å²) in [7, 11) is 0. The average molecular weight is 422 g/mol. The molecule has 1 aromatic heterocycles. The minimum absolute atomic E-state index is 0.0741. The van der Waals surface area contributed by atoms with E-state index in [9.17, 15) is 9.59 Å². The van der Waals surface area contributed by atoms with Crippen LogP contribution in [0.5, 0.6) is 0 Å². The highest BCUT2D eigenvalue weighted by Gasteiger charge is 2.26. The van der Waals surface area contributed by atoms with Gasteiger partial charge in [-0.15, -0.1) is 0 Å². The van der Waals surface area contributed by atoms with Crippen molar-refractivity contribution < 1.29 is 19.1 Å². The number of alkyl carbamates (subject to hydrolysis) is 2. The summed E-state index contributed by atoms with van der Waals surface area (Å²) in [6, 6.07) is 4.71. The van der Waals surface area contributed by atoms with Crippen LogP contribution in [0.3, 0.4) is 0 Å². The van der Waals surface area contributed by atoms with E-state index >= 15 is 0 Å². The second kappa shape index (κ2) is 8.69. The summed E-state index contributed by atoms with van der Waals surface area (Å²) in [4.78, 5) is 28.4. The second-order valence-electron chi connectivity index (χ2n) is 7.79. The summed E-state index contributed by atoms with van der Waals surface area (Å²) in [6.07, 6.45) is 2.14. The van der Waals surface area contributed by atoms with Crippen LogP contribution >= 0.6 is 11.6 Å². The highest BCUT2D eigenvalue weighted by Crippen LogP contribution is 2.29. The van der Waals surface area contributed by atoms with Crippen LogP contribution in [-0.4, -0.2) is 45.6 Å². The van der Waals surface area contributed by atoms with Gasteiger partial charge < -0.3 is 20.1 Å². The van der Waals surface area contributed by atoms with Gasteiger partial charge in [-0.25, -0.2) is 14.6 Å². The fraction of sp³-hybridized carbons (Fsp3) is 0.474. The standard InChI is InChI=1S/C19H24ClN5O4/c1-19(2,3)29-18(27)24-15(9-28-17(26)23-12-5-6-12)11-4-7-14(20)13(8-11)16-21-10-22-25-16/h4,7-8,10,12,15H,5-6,9H2,1-3H3,(H,23,26)(H,24,27)(H,21,22,25)/t15-/m1/s1. The maximum atomic E-state index is 12.3. The van der Waals surface area contributed by atoms with E-state index in [1.165, 1.54) is 6.33 Å². The molecule has 1 heterocycles. The molecule has 0 radical (unpaired) electrons. The number of amides is 2. The van der Waals surface area contributed by atoms with Crippen LogP contribution < -0.4 is 10.6 Å². The number of nitrogens with zero attached hydrogens (tertiary/aromatic N) is 2. The topological polar surface area (TPSA) is 118 Å². The molecule has 1 aliphatic carbocycles. The number of H-pyrrole nitrogens is 1.